The van der Waals surface area contributed by atoms with Crippen molar-refractivity contribution in [1.29, 1.82) is 0 Å². The fourth-order valence-corrected chi connectivity index (χ4v) is 10.2. The second-order valence-electron chi connectivity index (χ2n) is 17.7. The SMILES string of the molecule is C=C/C=C(\C=C(\C)C/C=C\C=C/C)c1ccc(N(c2ccc(-c3cc4ccccc4c4ccccc34)cc2)c2cccc(-c3cccc4c3c3c5ccccc5ccc3n4-c3ccccc3)c2)cc1. The van der Waals surface area contributed by atoms with Crippen LogP contribution in [0.5, 0.6) is 0 Å². The number of aromatic nitrogens is 1. The Balaban J connectivity index is 1.06. The predicted octanol–water partition coefficient (Wildman–Crippen LogP) is 19.1. The van der Waals surface area contributed by atoms with Gasteiger partial charge in [0.1, 0.15) is 0 Å². The number of benzene rings is 10. The van der Waals surface area contributed by atoms with Crippen LogP contribution in [0, 0.1) is 0 Å². The molecule has 0 bridgehead atoms. The van der Waals surface area contributed by atoms with E-state index in [9.17, 15) is 0 Å². The van der Waals surface area contributed by atoms with E-state index in [2.05, 4.69) is 272 Å². The van der Waals surface area contributed by atoms with Crippen LogP contribution in [0.2, 0.25) is 0 Å². The van der Waals surface area contributed by atoms with Gasteiger partial charge in [-0.1, -0.05) is 200 Å². The van der Waals surface area contributed by atoms with Crippen molar-refractivity contribution in [3.63, 3.8) is 0 Å². The van der Waals surface area contributed by atoms with Gasteiger partial charge in [0.15, 0.2) is 0 Å². The van der Waals surface area contributed by atoms with Crippen LogP contribution in [0.25, 0.3) is 87.6 Å². The average Bonchev–Trinajstić information content (AvgIpc) is 3.76. The first-order valence-electron chi connectivity index (χ1n) is 23.9. The molecule has 0 unspecified atom stereocenters. The van der Waals surface area contributed by atoms with Gasteiger partial charge in [-0.2, -0.15) is 0 Å². The Morgan fingerprint density at radius 1 is 0.507 bits per heavy atom. The maximum Gasteiger partial charge on any atom is 0.0547 e. The zero-order valence-corrected chi connectivity index (χ0v) is 39.1. The average molecular weight is 885 g/mol. The highest BCUT2D eigenvalue weighted by Gasteiger charge is 2.20. The summed E-state index contributed by atoms with van der Waals surface area (Å²) >= 11 is 0. The van der Waals surface area contributed by atoms with Crippen molar-refractivity contribution < 1.29 is 0 Å². The first-order chi connectivity index (χ1) is 34.1. The number of para-hydroxylation sites is 1. The minimum atomic E-state index is 0.878. The van der Waals surface area contributed by atoms with Gasteiger partial charge in [0.25, 0.3) is 0 Å². The van der Waals surface area contributed by atoms with Crippen LogP contribution in [0.4, 0.5) is 17.1 Å². The van der Waals surface area contributed by atoms with E-state index in [4.69, 9.17) is 0 Å². The summed E-state index contributed by atoms with van der Waals surface area (Å²) in [7, 11) is 0. The Morgan fingerprint density at radius 3 is 1.94 bits per heavy atom. The van der Waals surface area contributed by atoms with Gasteiger partial charge >= 0.3 is 0 Å². The molecule has 1 heterocycles. The van der Waals surface area contributed by atoms with Gasteiger partial charge in [-0.15, -0.1) is 0 Å². The Kier molecular flexibility index (Phi) is 11.7. The molecule has 0 fully saturated rings. The molecule has 11 aromatic rings. The summed E-state index contributed by atoms with van der Waals surface area (Å²) in [6, 6.07) is 77.8. The molecule has 11 rings (SSSR count). The molecule has 0 spiro atoms. The third-order valence-electron chi connectivity index (χ3n) is 13.4. The summed E-state index contributed by atoms with van der Waals surface area (Å²) in [6.07, 6.45) is 15.5. The Labute approximate surface area is 405 Å². The number of hydrogen-bond acceptors (Lipinski definition) is 1. The number of hydrogen-bond donors (Lipinski definition) is 0. The number of rotatable bonds is 12. The van der Waals surface area contributed by atoms with Crippen LogP contribution in [0.1, 0.15) is 25.8 Å². The standard InChI is InChI=1S/C67H52N2/c1-4-6-7-9-21-47(3)44-51(20-5-2)48-34-39-55(40-35-48)68(56-41-36-50(37-42-56)63-46-53-23-13-14-28-58(53)61-30-16-17-31-62(61)63)57-27-18-24-52(45-57)60-32-19-33-64-67(60)66-59-29-15-12-22-49(59)38-43-65(66)69(64)54-25-10-8-11-26-54/h4-20,22-46H,2,21H2,1,3H3/b6-4-,9-7-,47-44-,51-20+. The minimum Gasteiger partial charge on any atom is -0.310 e. The first-order valence-corrected chi connectivity index (χ1v) is 23.9. The highest BCUT2D eigenvalue weighted by atomic mass is 15.1. The Bertz CT molecular complexity index is 3820. The van der Waals surface area contributed by atoms with E-state index in [-0.39, 0.29) is 0 Å². The minimum absolute atomic E-state index is 0.878. The molecule has 0 radical (unpaired) electrons. The van der Waals surface area contributed by atoms with E-state index in [0.29, 0.717) is 0 Å². The summed E-state index contributed by atoms with van der Waals surface area (Å²) in [5.41, 5.74) is 15.0. The van der Waals surface area contributed by atoms with E-state index >= 15 is 0 Å². The van der Waals surface area contributed by atoms with Crippen molar-refractivity contribution in [1.82, 2.24) is 4.57 Å². The lowest BCUT2D eigenvalue weighted by Crippen LogP contribution is -2.10. The maximum atomic E-state index is 4.07. The van der Waals surface area contributed by atoms with Gasteiger partial charge in [0, 0.05) is 33.5 Å². The van der Waals surface area contributed by atoms with E-state index in [1.807, 2.05) is 13.0 Å². The van der Waals surface area contributed by atoms with Crippen molar-refractivity contribution in [2.75, 3.05) is 4.90 Å². The number of nitrogens with zero attached hydrogens (tertiary/aromatic N) is 2. The van der Waals surface area contributed by atoms with Gasteiger partial charge in [0.05, 0.1) is 11.0 Å². The van der Waals surface area contributed by atoms with Gasteiger partial charge in [-0.05, 0) is 153 Å². The highest BCUT2D eigenvalue weighted by molar-refractivity contribution is 6.25. The van der Waals surface area contributed by atoms with E-state index in [1.165, 1.54) is 76.4 Å². The summed E-state index contributed by atoms with van der Waals surface area (Å²) in [6.45, 7) is 8.29. The molecule has 0 aliphatic carbocycles. The molecule has 2 nitrogen and oxygen atoms in total. The van der Waals surface area contributed by atoms with Gasteiger partial charge < -0.3 is 9.47 Å². The van der Waals surface area contributed by atoms with Crippen molar-refractivity contribution in [3.05, 3.63) is 273 Å². The highest BCUT2D eigenvalue weighted by Crippen LogP contribution is 2.44. The third kappa shape index (κ3) is 8.17. The molecular formula is C67H52N2. The molecule has 0 amide bonds. The summed E-state index contributed by atoms with van der Waals surface area (Å²) in [4.78, 5) is 2.39. The zero-order chi connectivity index (χ0) is 46.7. The first kappa shape index (κ1) is 42.9. The zero-order valence-electron chi connectivity index (χ0n) is 39.1. The smallest absolute Gasteiger partial charge is 0.0547 e. The van der Waals surface area contributed by atoms with Crippen molar-refractivity contribution >= 4 is 76.8 Å². The molecule has 2 heteroatoms. The molecule has 0 saturated carbocycles. The Morgan fingerprint density at radius 2 is 1.17 bits per heavy atom. The molecule has 10 aromatic carbocycles. The molecule has 0 aliphatic rings. The summed E-state index contributed by atoms with van der Waals surface area (Å²) in [5.74, 6) is 0. The second-order valence-corrected chi connectivity index (χ2v) is 17.7. The summed E-state index contributed by atoms with van der Waals surface area (Å²) < 4.78 is 2.42. The van der Waals surface area contributed by atoms with E-state index in [0.717, 1.165) is 45.9 Å². The number of allylic oxidation sites excluding steroid dienone is 9. The lowest BCUT2D eigenvalue weighted by atomic mass is 9.93. The molecule has 0 atom stereocenters. The molecule has 0 aliphatic heterocycles. The third-order valence-corrected chi connectivity index (χ3v) is 13.4. The van der Waals surface area contributed by atoms with Gasteiger partial charge in [-0.25, -0.2) is 0 Å². The van der Waals surface area contributed by atoms with Crippen LogP contribution in [0.3, 0.4) is 0 Å². The normalized spacial score (nSPS) is 12.4. The molecule has 69 heavy (non-hydrogen) atoms. The predicted molar refractivity (Wildman–Crippen MR) is 299 cm³/mol. The largest absolute Gasteiger partial charge is 0.310 e. The molecule has 1 aromatic heterocycles. The molecular weight excluding hydrogens is 833 g/mol. The monoisotopic (exact) mass is 884 g/mol. The Hall–Kier alpha value is -8.72. The topological polar surface area (TPSA) is 8.17 Å². The van der Waals surface area contributed by atoms with Crippen molar-refractivity contribution in [3.8, 4) is 27.9 Å². The van der Waals surface area contributed by atoms with Gasteiger partial charge in [-0.3, -0.25) is 0 Å². The summed E-state index contributed by atoms with van der Waals surface area (Å²) in [5, 5.41) is 10.0. The molecule has 330 valence electrons. The van der Waals surface area contributed by atoms with Gasteiger partial charge in [0.2, 0.25) is 0 Å². The van der Waals surface area contributed by atoms with Crippen LogP contribution >= 0.6 is 0 Å². The molecule has 0 saturated heterocycles. The second kappa shape index (κ2) is 18.9. The van der Waals surface area contributed by atoms with E-state index < -0.39 is 0 Å². The quantitative estimate of drug-likeness (QED) is 0.0877. The molecule has 0 N–H and O–H groups in total. The van der Waals surface area contributed by atoms with Crippen LogP contribution < -0.4 is 4.90 Å². The number of anilines is 3. The lowest BCUT2D eigenvalue weighted by Gasteiger charge is -2.27. The van der Waals surface area contributed by atoms with Crippen LogP contribution in [-0.4, -0.2) is 4.57 Å². The van der Waals surface area contributed by atoms with Crippen molar-refractivity contribution in [2.24, 2.45) is 0 Å². The van der Waals surface area contributed by atoms with Crippen LogP contribution in [0.15, 0.2) is 267 Å². The van der Waals surface area contributed by atoms with Crippen molar-refractivity contribution in [2.45, 2.75) is 20.3 Å². The number of fused-ring (bicyclic) bond motifs is 8. The maximum absolute atomic E-state index is 4.07. The van der Waals surface area contributed by atoms with E-state index in [1.54, 1.807) is 0 Å². The fraction of sp³-hybridized carbons (Fsp3) is 0.0448. The lowest BCUT2D eigenvalue weighted by molar-refractivity contribution is 1.18. The van der Waals surface area contributed by atoms with Crippen LogP contribution in [-0.2, 0) is 0 Å². The fourth-order valence-electron chi connectivity index (χ4n) is 10.2.